The summed E-state index contributed by atoms with van der Waals surface area (Å²) in [6.45, 7) is 6.01. The lowest BCUT2D eigenvalue weighted by Gasteiger charge is -2.45. The first-order valence-corrected chi connectivity index (χ1v) is 14.9. The number of imidazole rings is 1. The van der Waals surface area contributed by atoms with Crippen molar-refractivity contribution in [1.82, 2.24) is 29.2 Å². The summed E-state index contributed by atoms with van der Waals surface area (Å²) in [6.07, 6.45) is 2.47. The van der Waals surface area contributed by atoms with Gasteiger partial charge in [0.1, 0.15) is 34.4 Å². The van der Waals surface area contributed by atoms with Crippen molar-refractivity contribution in [3.63, 3.8) is 0 Å². The van der Waals surface area contributed by atoms with Gasteiger partial charge in [0.25, 0.3) is 5.91 Å². The third-order valence-electron chi connectivity index (χ3n) is 8.44. The molecule has 6 rings (SSSR count). The maximum Gasteiger partial charge on any atom is 0.416 e. The SMILES string of the molecule is CCOc1cc(C(=O)Nc2cc(C(F)(F)F)ccn2)ccc1-c1nc(C2CCC3CCN(CC)C(=O)N3C2)n2ccnc(N)c12. The standard InChI is InChI=1S/C31H33F3N8O3/c1-3-40-13-10-21-7-5-19(17-42(21)30(40)44)28-39-25(26-27(35)37-12-14-41(26)28)22-8-6-18(15-23(22)45-4-2)29(43)38-24-16-20(9-11-36-24)31(32,33)34/h6,8-9,11-12,14-16,19,21H,3-5,7,10,13,17H2,1-2H3,(H2,35,37)(H,36,38,43). The van der Waals surface area contributed by atoms with Gasteiger partial charge >= 0.3 is 12.2 Å². The number of urea groups is 1. The maximum absolute atomic E-state index is 13.2. The molecule has 14 heteroatoms. The zero-order chi connectivity index (χ0) is 31.9. The molecule has 0 spiro atoms. The molecule has 4 aromatic rings. The number of nitrogens with two attached hydrogens (primary N) is 1. The minimum absolute atomic E-state index is 0.0496. The molecule has 0 radical (unpaired) electrons. The fourth-order valence-corrected chi connectivity index (χ4v) is 6.21. The number of fused-ring (bicyclic) bond motifs is 2. The average Bonchev–Trinajstić information content (AvgIpc) is 3.42. The fraction of sp³-hybridized carbons (Fsp3) is 0.387. The number of ether oxygens (including phenoxy) is 1. The molecule has 5 heterocycles. The zero-order valence-corrected chi connectivity index (χ0v) is 24.8. The number of rotatable bonds is 7. The van der Waals surface area contributed by atoms with E-state index in [1.54, 1.807) is 25.4 Å². The Morgan fingerprint density at radius 1 is 1.11 bits per heavy atom. The number of hydrogen-bond donors (Lipinski definition) is 2. The van der Waals surface area contributed by atoms with Crippen molar-refractivity contribution in [3.05, 3.63) is 65.9 Å². The van der Waals surface area contributed by atoms with Gasteiger partial charge in [-0.05, 0) is 63.4 Å². The Balaban J connectivity index is 1.35. The molecule has 1 aromatic carbocycles. The Kier molecular flexibility index (Phi) is 7.97. The van der Waals surface area contributed by atoms with E-state index in [-0.39, 0.29) is 41.8 Å². The third-order valence-corrected chi connectivity index (χ3v) is 8.44. The van der Waals surface area contributed by atoms with Crippen molar-refractivity contribution in [2.75, 3.05) is 37.3 Å². The fourth-order valence-electron chi connectivity index (χ4n) is 6.21. The second-order valence-electron chi connectivity index (χ2n) is 11.1. The Hall–Kier alpha value is -4.88. The number of alkyl halides is 3. The van der Waals surface area contributed by atoms with Crippen LogP contribution < -0.4 is 15.8 Å². The molecule has 3 amide bonds. The van der Waals surface area contributed by atoms with Gasteiger partial charge in [-0.1, -0.05) is 0 Å². The molecular weight excluding hydrogens is 589 g/mol. The summed E-state index contributed by atoms with van der Waals surface area (Å²) < 4.78 is 47.3. The molecule has 0 saturated carbocycles. The number of aromatic nitrogens is 4. The summed E-state index contributed by atoms with van der Waals surface area (Å²) in [6, 6.07) is 6.58. The van der Waals surface area contributed by atoms with Gasteiger partial charge in [0.15, 0.2) is 0 Å². The largest absolute Gasteiger partial charge is 0.493 e. The number of nitrogens with zero attached hydrogens (tertiary/aromatic N) is 6. The van der Waals surface area contributed by atoms with Crippen LogP contribution in [0.15, 0.2) is 48.9 Å². The quantitative estimate of drug-likeness (QED) is 0.281. The van der Waals surface area contributed by atoms with Gasteiger partial charge in [0.2, 0.25) is 0 Å². The van der Waals surface area contributed by atoms with Gasteiger partial charge in [0.05, 0.1) is 12.2 Å². The summed E-state index contributed by atoms with van der Waals surface area (Å²) in [5, 5.41) is 2.43. The van der Waals surface area contributed by atoms with Crippen molar-refractivity contribution in [1.29, 1.82) is 0 Å². The number of carbonyl (C=O) groups is 2. The molecule has 11 nitrogen and oxygen atoms in total. The van der Waals surface area contributed by atoms with Crippen molar-refractivity contribution < 1.29 is 27.5 Å². The van der Waals surface area contributed by atoms with E-state index in [2.05, 4.69) is 15.3 Å². The topological polar surface area (TPSA) is 131 Å². The molecule has 45 heavy (non-hydrogen) atoms. The second-order valence-corrected chi connectivity index (χ2v) is 11.1. The van der Waals surface area contributed by atoms with E-state index in [0.717, 1.165) is 50.0 Å². The predicted octanol–water partition coefficient (Wildman–Crippen LogP) is 5.44. The average molecular weight is 623 g/mol. The number of nitrogens with one attached hydrogen (secondary N) is 1. The summed E-state index contributed by atoms with van der Waals surface area (Å²) in [4.78, 5) is 43.3. The summed E-state index contributed by atoms with van der Waals surface area (Å²) in [7, 11) is 0. The van der Waals surface area contributed by atoms with Crippen molar-refractivity contribution >= 4 is 29.1 Å². The highest BCUT2D eigenvalue weighted by molar-refractivity contribution is 6.04. The second kappa shape index (κ2) is 11.9. The monoisotopic (exact) mass is 622 g/mol. The summed E-state index contributed by atoms with van der Waals surface area (Å²) in [5.41, 5.74) is 7.27. The number of halogens is 3. The van der Waals surface area contributed by atoms with E-state index < -0.39 is 17.6 Å². The number of benzene rings is 1. The van der Waals surface area contributed by atoms with Gasteiger partial charge in [-0.15, -0.1) is 0 Å². The number of anilines is 2. The molecule has 2 atom stereocenters. The van der Waals surface area contributed by atoms with Crippen molar-refractivity contribution in [2.45, 2.75) is 51.2 Å². The van der Waals surface area contributed by atoms with Crippen LogP contribution in [0.2, 0.25) is 0 Å². The van der Waals surface area contributed by atoms with Crippen LogP contribution in [0.3, 0.4) is 0 Å². The minimum Gasteiger partial charge on any atom is -0.493 e. The molecule has 2 saturated heterocycles. The van der Waals surface area contributed by atoms with Gasteiger partial charge in [-0.2, -0.15) is 13.2 Å². The molecule has 3 aromatic heterocycles. The normalized spacial score (nSPS) is 18.6. The first-order valence-electron chi connectivity index (χ1n) is 14.9. The number of hydrogen-bond acceptors (Lipinski definition) is 7. The van der Waals surface area contributed by atoms with Gasteiger partial charge in [-0.25, -0.2) is 19.7 Å². The molecule has 0 aliphatic carbocycles. The zero-order valence-electron chi connectivity index (χ0n) is 24.8. The summed E-state index contributed by atoms with van der Waals surface area (Å²) in [5.74, 6) is 0.398. The first-order chi connectivity index (χ1) is 21.6. The third kappa shape index (κ3) is 5.71. The Morgan fingerprint density at radius 3 is 2.69 bits per heavy atom. The number of carbonyl (C=O) groups excluding carboxylic acids is 2. The van der Waals surface area contributed by atoms with Crippen LogP contribution in [0.1, 0.15) is 60.8 Å². The van der Waals surface area contributed by atoms with E-state index in [9.17, 15) is 22.8 Å². The van der Waals surface area contributed by atoms with Crippen molar-refractivity contribution in [2.24, 2.45) is 0 Å². The number of pyridine rings is 1. The minimum atomic E-state index is -4.58. The molecular formula is C31H33F3N8O3. The van der Waals surface area contributed by atoms with E-state index in [1.807, 2.05) is 21.1 Å². The predicted molar refractivity (Wildman–Crippen MR) is 161 cm³/mol. The van der Waals surface area contributed by atoms with Gasteiger partial charge < -0.3 is 25.6 Å². The Bertz CT molecular complexity index is 1760. The van der Waals surface area contributed by atoms with Gasteiger partial charge in [-0.3, -0.25) is 9.20 Å². The van der Waals surface area contributed by atoms with Crippen LogP contribution >= 0.6 is 0 Å². The first kappa shape index (κ1) is 30.2. The van der Waals surface area contributed by atoms with Crippen LogP contribution in [0.4, 0.5) is 29.6 Å². The Morgan fingerprint density at radius 2 is 1.93 bits per heavy atom. The number of nitrogen functional groups attached to an aromatic ring is 1. The number of piperidine rings is 1. The molecule has 236 valence electrons. The lowest BCUT2D eigenvalue weighted by Crippen LogP contribution is -2.57. The molecule has 2 fully saturated rings. The van der Waals surface area contributed by atoms with Crippen LogP contribution in [-0.2, 0) is 6.18 Å². The van der Waals surface area contributed by atoms with Crippen molar-refractivity contribution in [3.8, 4) is 17.0 Å². The van der Waals surface area contributed by atoms with Crippen LogP contribution in [0.5, 0.6) is 5.75 Å². The smallest absolute Gasteiger partial charge is 0.416 e. The number of amides is 3. The highest BCUT2D eigenvalue weighted by atomic mass is 19.4. The molecule has 0 bridgehead atoms. The van der Waals surface area contributed by atoms with E-state index >= 15 is 0 Å². The molecule has 2 unspecified atom stereocenters. The van der Waals surface area contributed by atoms with E-state index in [0.29, 0.717) is 35.6 Å². The molecule has 3 N–H and O–H groups in total. The molecule has 2 aliphatic heterocycles. The lowest BCUT2D eigenvalue weighted by molar-refractivity contribution is -0.137. The van der Waals surface area contributed by atoms with Crippen LogP contribution in [-0.4, -0.2) is 73.4 Å². The molecule has 2 aliphatic rings. The van der Waals surface area contributed by atoms with E-state index in [1.165, 1.54) is 12.1 Å². The van der Waals surface area contributed by atoms with Crippen LogP contribution in [0.25, 0.3) is 16.8 Å². The highest BCUT2D eigenvalue weighted by Crippen LogP contribution is 2.40. The highest BCUT2D eigenvalue weighted by Gasteiger charge is 2.39. The summed E-state index contributed by atoms with van der Waals surface area (Å²) >= 11 is 0. The maximum atomic E-state index is 13.2. The Labute approximate surface area is 257 Å². The van der Waals surface area contributed by atoms with E-state index in [4.69, 9.17) is 15.5 Å². The lowest BCUT2D eigenvalue weighted by atomic mass is 9.89. The van der Waals surface area contributed by atoms with Gasteiger partial charge in [0, 0.05) is 61.3 Å². The van der Waals surface area contributed by atoms with Crippen LogP contribution in [0, 0.1) is 0 Å².